The van der Waals surface area contributed by atoms with Gasteiger partial charge >= 0.3 is 0 Å². The van der Waals surface area contributed by atoms with E-state index in [4.69, 9.17) is 4.52 Å². The van der Waals surface area contributed by atoms with Crippen molar-refractivity contribution in [3.63, 3.8) is 0 Å². The summed E-state index contributed by atoms with van der Waals surface area (Å²) in [4.78, 5) is 6.52. The van der Waals surface area contributed by atoms with Crippen LogP contribution in [-0.4, -0.2) is 44.6 Å². The lowest BCUT2D eigenvalue weighted by Crippen LogP contribution is -2.38. The largest absolute Gasteiger partial charge is 0.389 e. The molecule has 0 saturated heterocycles. The molecule has 0 bridgehead atoms. The fourth-order valence-electron chi connectivity index (χ4n) is 1.84. The first-order valence-corrected chi connectivity index (χ1v) is 7.79. The summed E-state index contributed by atoms with van der Waals surface area (Å²) >= 11 is 1.79. The lowest BCUT2D eigenvalue weighted by Gasteiger charge is -2.26. The normalized spacial score (nSPS) is 14.1. The zero-order valence-corrected chi connectivity index (χ0v) is 13.3. The number of hydrogen-bond donors (Lipinski definition) is 1. The van der Waals surface area contributed by atoms with Crippen LogP contribution in [0.3, 0.4) is 0 Å². The van der Waals surface area contributed by atoms with E-state index in [-0.39, 0.29) is 5.25 Å². The van der Waals surface area contributed by atoms with Crippen molar-refractivity contribution in [3.05, 3.63) is 11.7 Å². The minimum absolute atomic E-state index is 0.256. The van der Waals surface area contributed by atoms with E-state index < -0.39 is 5.60 Å². The molecule has 1 atom stereocenters. The summed E-state index contributed by atoms with van der Waals surface area (Å²) in [7, 11) is 0. The van der Waals surface area contributed by atoms with Crippen LogP contribution in [0.1, 0.15) is 51.6 Å². The Kier molecular flexibility index (Phi) is 6.29. The molecule has 0 aliphatic carbocycles. The highest BCUT2D eigenvalue weighted by Gasteiger charge is 2.20. The van der Waals surface area contributed by atoms with Crippen LogP contribution in [0.15, 0.2) is 4.52 Å². The second-order valence-corrected chi connectivity index (χ2v) is 6.88. The molecule has 0 aliphatic rings. The monoisotopic (exact) mass is 287 g/mol. The van der Waals surface area contributed by atoms with E-state index in [0.29, 0.717) is 19.0 Å². The molecule has 0 radical (unpaired) electrons. The van der Waals surface area contributed by atoms with E-state index in [1.54, 1.807) is 25.6 Å². The maximum Gasteiger partial charge on any atom is 0.240 e. The Hall–Kier alpha value is -0.590. The second-order valence-electron chi connectivity index (χ2n) is 5.26. The molecule has 0 saturated carbocycles. The summed E-state index contributed by atoms with van der Waals surface area (Å²) in [5.74, 6) is 2.40. The van der Waals surface area contributed by atoms with Crippen LogP contribution in [0.4, 0.5) is 0 Å². The van der Waals surface area contributed by atoms with E-state index in [1.165, 1.54) is 0 Å². The zero-order chi connectivity index (χ0) is 14.5. The first-order chi connectivity index (χ1) is 8.85. The third kappa shape index (κ3) is 5.93. The van der Waals surface area contributed by atoms with Crippen molar-refractivity contribution in [1.82, 2.24) is 15.0 Å². The van der Waals surface area contributed by atoms with Gasteiger partial charge in [-0.15, -0.1) is 0 Å². The predicted molar refractivity (Wildman–Crippen MR) is 78.1 cm³/mol. The number of hydrogen-bond acceptors (Lipinski definition) is 6. The second kappa shape index (κ2) is 7.26. The summed E-state index contributed by atoms with van der Waals surface area (Å²) in [5, 5.41) is 14.1. The minimum Gasteiger partial charge on any atom is -0.389 e. The van der Waals surface area contributed by atoms with Gasteiger partial charge in [-0.2, -0.15) is 16.7 Å². The van der Waals surface area contributed by atoms with Crippen molar-refractivity contribution in [1.29, 1.82) is 0 Å². The van der Waals surface area contributed by atoms with Crippen LogP contribution >= 0.6 is 11.8 Å². The molecule has 6 heteroatoms. The number of aromatic nitrogens is 2. The van der Waals surface area contributed by atoms with Gasteiger partial charge in [0.05, 0.1) is 17.4 Å². The Labute approximate surface area is 119 Å². The quantitative estimate of drug-likeness (QED) is 0.792. The highest BCUT2D eigenvalue weighted by Crippen LogP contribution is 2.25. The van der Waals surface area contributed by atoms with E-state index in [1.807, 2.05) is 0 Å². The fraction of sp³-hybridized carbons (Fsp3) is 0.846. The number of aliphatic hydroxyl groups is 1. The zero-order valence-electron chi connectivity index (χ0n) is 12.5. The molecule has 0 aliphatic heterocycles. The molecular weight excluding hydrogens is 262 g/mol. The van der Waals surface area contributed by atoms with Gasteiger partial charge in [0.25, 0.3) is 0 Å². The topological polar surface area (TPSA) is 62.4 Å². The highest BCUT2D eigenvalue weighted by molar-refractivity contribution is 7.99. The molecule has 1 heterocycles. The first kappa shape index (κ1) is 16.5. The van der Waals surface area contributed by atoms with Crippen molar-refractivity contribution in [3.8, 4) is 0 Å². The van der Waals surface area contributed by atoms with Crippen LogP contribution in [-0.2, 0) is 6.54 Å². The summed E-state index contributed by atoms with van der Waals surface area (Å²) in [6, 6.07) is 0. The molecule has 0 amide bonds. The number of thioether (sulfide) groups is 1. The average molecular weight is 287 g/mol. The van der Waals surface area contributed by atoms with Gasteiger partial charge in [0, 0.05) is 6.54 Å². The van der Waals surface area contributed by atoms with Gasteiger partial charge < -0.3 is 9.63 Å². The van der Waals surface area contributed by atoms with Crippen molar-refractivity contribution < 1.29 is 9.63 Å². The molecule has 1 unspecified atom stereocenters. The Balaban J connectivity index is 2.61. The molecule has 5 nitrogen and oxygen atoms in total. The molecular formula is C13H25N3O2S. The van der Waals surface area contributed by atoms with Gasteiger partial charge in [0.15, 0.2) is 5.82 Å². The Bertz CT molecular complexity index is 376. The van der Waals surface area contributed by atoms with Gasteiger partial charge in [-0.25, -0.2) is 0 Å². The summed E-state index contributed by atoms with van der Waals surface area (Å²) in [6.45, 7) is 11.8. The minimum atomic E-state index is -0.718. The third-order valence-electron chi connectivity index (χ3n) is 2.68. The van der Waals surface area contributed by atoms with Gasteiger partial charge in [-0.3, -0.25) is 4.90 Å². The standard InChI is InChI=1S/C13H25N3O2S/c1-6-16(9-13(4,5)17)8-11-14-12(15-18-11)10(3)19-7-2/h10,17H,6-9H2,1-5H3. The van der Waals surface area contributed by atoms with Crippen molar-refractivity contribution in [2.45, 2.75) is 52.0 Å². The van der Waals surface area contributed by atoms with Crippen LogP contribution < -0.4 is 0 Å². The number of rotatable bonds is 8. The van der Waals surface area contributed by atoms with Gasteiger partial charge in [-0.05, 0) is 33.1 Å². The van der Waals surface area contributed by atoms with Crippen molar-refractivity contribution in [2.75, 3.05) is 18.8 Å². The fourth-order valence-corrected chi connectivity index (χ4v) is 2.58. The van der Waals surface area contributed by atoms with E-state index in [0.717, 1.165) is 18.1 Å². The van der Waals surface area contributed by atoms with Crippen LogP contribution in [0.25, 0.3) is 0 Å². The molecule has 1 N–H and O–H groups in total. The van der Waals surface area contributed by atoms with Crippen molar-refractivity contribution in [2.24, 2.45) is 0 Å². The Morgan fingerprint density at radius 3 is 2.63 bits per heavy atom. The first-order valence-electron chi connectivity index (χ1n) is 6.74. The maximum atomic E-state index is 9.85. The molecule has 0 aromatic carbocycles. The highest BCUT2D eigenvalue weighted by atomic mass is 32.2. The molecule has 1 rings (SSSR count). The number of likely N-dealkylation sites (N-methyl/N-ethyl adjacent to an activating group) is 1. The smallest absolute Gasteiger partial charge is 0.240 e. The molecule has 19 heavy (non-hydrogen) atoms. The van der Waals surface area contributed by atoms with Crippen LogP contribution in [0.5, 0.6) is 0 Å². The Morgan fingerprint density at radius 1 is 1.42 bits per heavy atom. The van der Waals surface area contributed by atoms with Gasteiger partial charge in [0.2, 0.25) is 5.89 Å². The third-order valence-corrected chi connectivity index (χ3v) is 3.72. The lowest BCUT2D eigenvalue weighted by atomic mass is 10.1. The van der Waals surface area contributed by atoms with Crippen LogP contribution in [0, 0.1) is 0 Å². The maximum absolute atomic E-state index is 9.85. The van der Waals surface area contributed by atoms with Gasteiger partial charge in [-0.1, -0.05) is 19.0 Å². The predicted octanol–water partition coefficient (Wildman–Crippen LogP) is 2.48. The molecule has 0 spiro atoms. The number of nitrogens with zero attached hydrogens (tertiary/aromatic N) is 3. The SMILES string of the molecule is CCSC(C)c1noc(CN(CC)CC(C)(C)O)n1. The summed E-state index contributed by atoms with van der Waals surface area (Å²) in [6.07, 6.45) is 0. The lowest BCUT2D eigenvalue weighted by molar-refractivity contribution is 0.0322. The molecule has 1 aromatic heterocycles. The van der Waals surface area contributed by atoms with Crippen molar-refractivity contribution >= 4 is 11.8 Å². The molecule has 0 fully saturated rings. The Morgan fingerprint density at radius 2 is 2.11 bits per heavy atom. The van der Waals surface area contributed by atoms with E-state index in [9.17, 15) is 5.11 Å². The summed E-state index contributed by atoms with van der Waals surface area (Å²) < 4.78 is 5.28. The van der Waals surface area contributed by atoms with E-state index >= 15 is 0 Å². The molecule has 110 valence electrons. The van der Waals surface area contributed by atoms with Crippen LogP contribution in [0.2, 0.25) is 0 Å². The summed E-state index contributed by atoms with van der Waals surface area (Å²) in [5.41, 5.74) is -0.718. The molecule has 1 aromatic rings. The van der Waals surface area contributed by atoms with E-state index in [2.05, 4.69) is 35.8 Å². The average Bonchev–Trinajstić information content (AvgIpc) is 2.75. The van der Waals surface area contributed by atoms with Gasteiger partial charge in [0.1, 0.15) is 0 Å².